The standard InChI is InChI=1S/C17H17N5O3/c1-23-10-14-11-24-17(19-14)9-22-18-7-16(20-22)21-8-15(25-12-21)13-5-3-2-4-6-13/h2-8,11H,9-10,12H2,1H3. The van der Waals surface area contributed by atoms with Gasteiger partial charge in [-0.05, 0) is 0 Å². The van der Waals surface area contributed by atoms with Crippen LogP contribution in [0.1, 0.15) is 17.1 Å². The van der Waals surface area contributed by atoms with Crippen LogP contribution in [0.15, 0.2) is 53.4 Å². The zero-order valence-corrected chi connectivity index (χ0v) is 13.7. The number of ether oxygens (including phenoxy) is 2. The van der Waals surface area contributed by atoms with Gasteiger partial charge >= 0.3 is 0 Å². The summed E-state index contributed by atoms with van der Waals surface area (Å²) >= 11 is 0. The topological polar surface area (TPSA) is 78.4 Å². The third kappa shape index (κ3) is 3.38. The van der Waals surface area contributed by atoms with Crippen molar-refractivity contribution in [2.75, 3.05) is 18.7 Å². The minimum atomic E-state index is 0.355. The Bertz CT molecular complexity index is 871. The lowest BCUT2D eigenvalue weighted by atomic mass is 10.2. The average Bonchev–Trinajstić information content (AvgIpc) is 3.37. The van der Waals surface area contributed by atoms with Crippen LogP contribution in [0.5, 0.6) is 0 Å². The van der Waals surface area contributed by atoms with Crippen molar-refractivity contribution in [2.45, 2.75) is 13.2 Å². The molecule has 1 aromatic carbocycles. The van der Waals surface area contributed by atoms with Crippen molar-refractivity contribution < 1.29 is 13.9 Å². The summed E-state index contributed by atoms with van der Waals surface area (Å²) in [4.78, 5) is 7.75. The van der Waals surface area contributed by atoms with Crippen molar-refractivity contribution in [3.63, 3.8) is 0 Å². The Balaban J connectivity index is 1.45. The molecule has 8 heteroatoms. The Morgan fingerprint density at radius 1 is 1.24 bits per heavy atom. The molecule has 25 heavy (non-hydrogen) atoms. The molecule has 8 nitrogen and oxygen atoms in total. The Hall–Kier alpha value is -3.13. The van der Waals surface area contributed by atoms with Crippen LogP contribution in [0.3, 0.4) is 0 Å². The zero-order chi connectivity index (χ0) is 17.1. The largest absolute Gasteiger partial charge is 0.471 e. The molecule has 3 aromatic rings. The quantitative estimate of drug-likeness (QED) is 0.681. The fourth-order valence-electron chi connectivity index (χ4n) is 2.50. The predicted molar refractivity (Wildman–Crippen MR) is 89.2 cm³/mol. The van der Waals surface area contributed by atoms with Gasteiger partial charge in [-0.3, -0.25) is 4.90 Å². The number of hydrogen-bond acceptors (Lipinski definition) is 7. The highest BCUT2D eigenvalue weighted by Crippen LogP contribution is 2.25. The van der Waals surface area contributed by atoms with Crippen molar-refractivity contribution in [1.82, 2.24) is 20.0 Å². The van der Waals surface area contributed by atoms with E-state index in [2.05, 4.69) is 15.2 Å². The fourth-order valence-corrected chi connectivity index (χ4v) is 2.50. The van der Waals surface area contributed by atoms with E-state index < -0.39 is 0 Å². The van der Waals surface area contributed by atoms with Gasteiger partial charge < -0.3 is 13.9 Å². The summed E-state index contributed by atoms with van der Waals surface area (Å²) in [6.07, 6.45) is 5.19. The number of nitrogens with zero attached hydrogens (tertiary/aromatic N) is 5. The highest BCUT2D eigenvalue weighted by Gasteiger charge is 2.19. The minimum absolute atomic E-state index is 0.355. The van der Waals surface area contributed by atoms with Crippen LogP contribution in [0.4, 0.5) is 5.82 Å². The second kappa shape index (κ2) is 6.78. The summed E-state index contributed by atoms with van der Waals surface area (Å²) in [7, 11) is 1.62. The number of benzene rings is 1. The highest BCUT2D eigenvalue weighted by atomic mass is 16.5. The zero-order valence-electron chi connectivity index (χ0n) is 13.7. The van der Waals surface area contributed by atoms with Gasteiger partial charge in [0.2, 0.25) is 5.89 Å². The Labute approximate surface area is 144 Å². The molecule has 4 rings (SSSR count). The van der Waals surface area contributed by atoms with E-state index in [0.29, 0.717) is 31.6 Å². The van der Waals surface area contributed by atoms with Gasteiger partial charge in [0.05, 0.1) is 19.0 Å². The average molecular weight is 339 g/mol. The Kier molecular flexibility index (Phi) is 4.17. The molecular weight excluding hydrogens is 322 g/mol. The van der Waals surface area contributed by atoms with E-state index in [0.717, 1.165) is 17.0 Å². The maximum Gasteiger partial charge on any atom is 0.217 e. The summed E-state index contributed by atoms with van der Waals surface area (Å²) < 4.78 is 16.1. The van der Waals surface area contributed by atoms with E-state index in [-0.39, 0.29) is 0 Å². The number of oxazole rings is 1. The first-order valence-corrected chi connectivity index (χ1v) is 7.81. The van der Waals surface area contributed by atoms with Crippen LogP contribution in [0.2, 0.25) is 0 Å². The van der Waals surface area contributed by atoms with Crippen molar-refractivity contribution in [3.8, 4) is 0 Å². The normalized spacial score (nSPS) is 13.8. The van der Waals surface area contributed by atoms with E-state index in [9.17, 15) is 0 Å². The SMILES string of the molecule is COCc1coc(Cn2ncc(N3C=C(c4ccccc4)OC3)n2)n1. The molecule has 0 amide bonds. The molecule has 1 aliphatic rings. The lowest BCUT2D eigenvalue weighted by Gasteiger charge is -2.07. The lowest BCUT2D eigenvalue weighted by molar-refractivity contribution is 0.181. The summed E-state index contributed by atoms with van der Waals surface area (Å²) in [5.74, 6) is 2.05. The van der Waals surface area contributed by atoms with Crippen LogP contribution in [-0.2, 0) is 22.6 Å². The van der Waals surface area contributed by atoms with E-state index in [1.165, 1.54) is 4.80 Å². The summed E-state index contributed by atoms with van der Waals surface area (Å²) in [5, 5.41) is 8.70. The predicted octanol–water partition coefficient (Wildman–Crippen LogP) is 2.25. The second-order valence-electron chi connectivity index (χ2n) is 5.50. The molecule has 0 saturated carbocycles. The maximum atomic E-state index is 5.73. The van der Waals surface area contributed by atoms with Crippen LogP contribution >= 0.6 is 0 Å². The van der Waals surface area contributed by atoms with Gasteiger partial charge in [0.15, 0.2) is 12.5 Å². The van der Waals surface area contributed by atoms with Crippen LogP contribution in [0, 0.1) is 0 Å². The summed E-state index contributed by atoms with van der Waals surface area (Å²) in [5.41, 5.74) is 1.77. The number of hydrogen-bond donors (Lipinski definition) is 0. The molecule has 0 aliphatic carbocycles. The number of rotatable bonds is 6. The van der Waals surface area contributed by atoms with Crippen molar-refractivity contribution in [1.29, 1.82) is 0 Å². The molecule has 0 unspecified atom stereocenters. The molecule has 0 fully saturated rings. The van der Waals surface area contributed by atoms with Gasteiger partial charge in [0.25, 0.3) is 0 Å². The summed E-state index contributed by atoms with van der Waals surface area (Å²) in [6.45, 7) is 1.17. The molecule has 0 saturated heterocycles. The molecule has 0 radical (unpaired) electrons. The first kappa shape index (κ1) is 15.4. The molecule has 2 aromatic heterocycles. The lowest BCUT2D eigenvalue weighted by Crippen LogP contribution is -2.14. The Morgan fingerprint density at radius 2 is 2.12 bits per heavy atom. The molecular formula is C17H17N5O3. The Morgan fingerprint density at radius 3 is 2.96 bits per heavy atom. The van der Waals surface area contributed by atoms with Gasteiger partial charge in [-0.25, -0.2) is 4.98 Å². The third-order valence-electron chi connectivity index (χ3n) is 3.68. The van der Waals surface area contributed by atoms with Crippen molar-refractivity contribution >= 4 is 11.6 Å². The molecule has 0 bridgehead atoms. The van der Waals surface area contributed by atoms with E-state index in [4.69, 9.17) is 13.9 Å². The first-order chi connectivity index (χ1) is 12.3. The monoisotopic (exact) mass is 339 g/mol. The van der Waals surface area contributed by atoms with Gasteiger partial charge in [-0.15, -0.1) is 5.10 Å². The van der Waals surface area contributed by atoms with Gasteiger partial charge in [0.1, 0.15) is 24.3 Å². The minimum Gasteiger partial charge on any atom is -0.471 e. The third-order valence-corrected chi connectivity index (χ3v) is 3.68. The second-order valence-corrected chi connectivity index (χ2v) is 5.50. The van der Waals surface area contributed by atoms with Gasteiger partial charge in [0, 0.05) is 12.7 Å². The molecule has 3 heterocycles. The highest BCUT2D eigenvalue weighted by molar-refractivity contribution is 5.65. The molecule has 0 N–H and O–H groups in total. The molecule has 128 valence electrons. The maximum absolute atomic E-state index is 5.73. The van der Waals surface area contributed by atoms with Crippen LogP contribution in [-0.4, -0.2) is 33.8 Å². The number of aromatic nitrogens is 4. The molecule has 0 spiro atoms. The van der Waals surface area contributed by atoms with E-state index >= 15 is 0 Å². The molecule has 0 atom stereocenters. The van der Waals surface area contributed by atoms with E-state index in [1.807, 2.05) is 41.4 Å². The van der Waals surface area contributed by atoms with Crippen LogP contribution in [0.25, 0.3) is 5.76 Å². The summed E-state index contributed by atoms with van der Waals surface area (Å²) in [6, 6.07) is 9.95. The molecule has 1 aliphatic heterocycles. The number of methoxy groups -OCH3 is 1. The van der Waals surface area contributed by atoms with Gasteiger partial charge in [-0.1, -0.05) is 30.3 Å². The number of anilines is 1. The smallest absolute Gasteiger partial charge is 0.217 e. The van der Waals surface area contributed by atoms with Gasteiger partial charge in [-0.2, -0.15) is 9.90 Å². The van der Waals surface area contributed by atoms with Crippen LogP contribution < -0.4 is 4.90 Å². The van der Waals surface area contributed by atoms with E-state index in [1.54, 1.807) is 19.6 Å². The first-order valence-electron chi connectivity index (χ1n) is 7.81. The van der Waals surface area contributed by atoms with Crippen molar-refractivity contribution in [3.05, 3.63) is 66.1 Å². The fraction of sp³-hybridized carbons (Fsp3) is 0.235. The van der Waals surface area contributed by atoms with Crippen molar-refractivity contribution in [2.24, 2.45) is 0 Å².